The topological polar surface area (TPSA) is 89.5 Å². The predicted octanol–water partition coefficient (Wildman–Crippen LogP) is -0.278. The lowest BCUT2D eigenvalue weighted by Gasteiger charge is -2.34. The number of amides is 1. The molecule has 0 radical (unpaired) electrons. The number of nitrogens with one attached hydrogen (secondary N) is 3. The summed E-state index contributed by atoms with van der Waals surface area (Å²) in [5.41, 5.74) is 5.98. The van der Waals surface area contributed by atoms with Crippen molar-refractivity contribution in [1.82, 2.24) is 26.1 Å². The number of aliphatic hydroxyl groups excluding tert-OH is 1. The van der Waals surface area contributed by atoms with E-state index in [0.717, 1.165) is 16.8 Å². The van der Waals surface area contributed by atoms with E-state index in [1.807, 2.05) is 19.9 Å². The molecule has 1 saturated heterocycles. The Kier molecular flexibility index (Phi) is 3.62. The van der Waals surface area contributed by atoms with Crippen LogP contribution in [0.15, 0.2) is 23.9 Å². The number of pyridine rings is 1. The minimum atomic E-state index is -0.257. The summed E-state index contributed by atoms with van der Waals surface area (Å²) < 4.78 is 0. The molecule has 112 valence electrons. The SMILES string of the molecule is CC(C)C1=C(c2ccc(CO)nc2)NC2NCNN2C1=O. The van der Waals surface area contributed by atoms with Crippen molar-refractivity contribution >= 4 is 11.6 Å². The molecule has 7 heteroatoms. The van der Waals surface area contributed by atoms with Crippen molar-refractivity contribution < 1.29 is 9.90 Å². The van der Waals surface area contributed by atoms with Crippen molar-refractivity contribution in [3.63, 3.8) is 0 Å². The van der Waals surface area contributed by atoms with Crippen molar-refractivity contribution in [3.8, 4) is 0 Å². The Balaban J connectivity index is 2.04. The molecule has 1 unspecified atom stereocenters. The number of fused-ring (bicyclic) bond motifs is 1. The molecular weight excluding hydrogens is 270 g/mol. The van der Waals surface area contributed by atoms with Crippen LogP contribution in [-0.2, 0) is 11.4 Å². The largest absolute Gasteiger partial charge is 0.390 e. The molecule has 0 bridgehead atoms. The molecule has 4 N–H and O–H groups in total. The molecule has 0 aromatic carbocycles. The van der Waals surface area contributed by atoms with Crippen LogP contribution in [0, 0.1) is 5.92 Å². The van der Waals surface area contributed by atoms with Crippen LogP contribution >= 0.6 is 0 Å². The summed E-state index contributed by atoms with van der Waals surface area (Å²) in [5.74, 6) is 0.0563. The van der Waals surface area contributed by atoms with E-state index >= 15 is 0 Å². The standard InChI is InChI=1S/C14H19N5O2/c1-8(2)11-12(9-3-4-10(6-20)15-5-9)18-14-16-7-17-19(14)13(11)21/h3-5,8,14,16-18,20H,6-7H2,1-2H3. The second-order valence-electron chi connectivity index (χ2n) is 5.40. The summed E-state index contributed by atoms with van der Waals surface area (Å²) in [6, 6.07) is 3.63. The fraction of sp³-hybridized carbons (Fsp3) is 0.429. The summed E-state index contributed by atoms with van der Waals surface area (Å²) in [4.78, 5) is 16.8. The Labute approximate surface area is 123 Å². The van der Waals surface area contributed by atoms with E-state index in [9.17, 15) is 4.79 Å². The van der Waals surface area contributed by atoms with Crippen LogP contribution in [0.4, 0.5) is 0 Å². The van der Waals surface area contributed by atoms with Crippen LogP contribution in [-0.4, -0.2) is 34.0 Å². The minimum Gasteiger partial charge on any atom is -0.390 e. The van der Waals surface area contributed by atoms with E-state index in [1.165, 1.54) is 0 Å². The van der Waals surface area contributed by atoms with Gasteiger partial charge in [-0.15, -0.1) is 0 Å². The lowest BCUT2D eigenvalue weighted by molar-refractivity contribution is -0.132. The van der Waals surface area contributed by atoms with Gasteiger partial charge in [-0.1, -0.05) is 13.8 Å². The number of rotatable bonds is 3. The highest BCUT2D eigenvalue weighted by atomic mass is 16.3. The minimum absolute atomic E-state index is 0.0278. The number of carbonyl (C=O) groups is 1. The van der Waals surface area contributed by atoms with Crippen molar-refractivity contribution in [1.29, 1.82) is 0 Å². The summed E-state index contributed by atoms with van der Waals surface area (Å²) in [5, 5.41) is 17.2. The molecule has 1 aromatic heterocycles. The Hall–Kier alpha value is -1.96. The van der Waals surface area contributed by atoms with Crippen molar-refractivity contribution in [2.24, 2.45) is 5.92 Å². The molecule has 1 aromatic rings. The van der Waals surface area contributed by atoms with Gasteiger partial charge in [0.2, 0.25) is 0 Å². The molecule has 3 rings (SSSR count). The molecule has 1 amide bonds. The lowest BCUT2D eigenvalue weighted by Crippen LogP contribution is -2.56. The first-order valence-electron chi connectivity index (χ1n) is 6.99. The first-order valence-corrected chi connectivity index (χ1v) is 6.99. The van der Waals surface area contributed by atoms with E-state index in [4.69, 9.17) is 5.11 Å². The molecule has 3 heterocycles. The molecule has 21 heavy (non-hydrogen) atoms. The van der Waals surface area contributed by atoms with Crippen LogP contribution in [0.25, 0.3) is 5.70 Å². The van der Waals surface area contributed by atoms with Gasteiger partial charge in [-0.25, -0.2) is 10.4 Å². The number of aliphatic hydroxyl groups is 1. The fourth-order valence-corrected chi connectivity index (χ4v) is 2.61. The third-order valence-electron chi connectivity index (χ3n) is 3.66. The zero-order chi connectivity index (χ0) is 15.0. The highest BCUT2D eigenvalue weighted by Crippen LogP contribution is 2.28. The van der Waals surface area contributed by atoms with E-state index in [2.05, 4.69) is 21.0 Å². The molecular formula is C14H19N5O2. The second-order valence-corrected chi connectivity index (χ2v) is 5.40. The highest BCUT2D eigenvalue weighted by Gasteiger charge is 2.38. The summed E-state index contributed by atoms with van der Waals surface area (Å²) >= 11 is 0. The van der Waals surface area contributed by atoms with Gasteiger partial charge in [0.15, 0.2) is 6.29 Å². The summed E-state index contributed by atoms with van der Waals surface area (Å²) in [6.45, 7) is 4.44. The zero-order valence-corrected chi connectivity index (χ0v) is 12.1. The maximum absolute atomic E-state index is 12.6. The van der Waals surface area contributed by atoms with E-state index in [0.29, 0.717) is 12.4 Å². The van der Waals surface area contributed by atoms with Gasteiger partial charge in [-0.05, 0) is 18.1 Å². The van der Waals surface area contributed by atoms with Crippen LogP contribution in [0.1, 0.15) is 25.1 Å². The van der Waals surface area contributed by atoms with Gasteiger partial charge in [0, 0.05) is 17.3 Å². The van der Waals surface area contributed by atoms with Crippen molar-refractivity contribution in [2.75, 3.05) is 6.67 Å². The van der Waals surface area contributed by atoms with Crippen LogP contribution < -0.4 is 16.1 Å². The number of aromatic nitrogens is 1. The van der Waals surface area contributed by atoms with Crippen molar-refractivity contribution in [3.05, 3.63) is 35.2 Å². The molecule has 0 spiro atoms. The van der Waals surface area contributed by atoms with Gasteiger partial charge in [0.25, 0.3) is 5.91 Å². The number of nitrogens with zero attached hydrogens (tertiary/aromatic N) is 2. The van der Waals surface area contributed by atoms with E-state index in [1.54, 1.807) is 17.3 Å². The van der Waals surface area contributed by atoms with Crippen LogP contribution in [0.5, 0.6) is 0 Å². The molecule has 0 saturated carbocycles. The van der Waals surface area contributed by atoms with Gasteiger partial charge in [0.05, 0.1) is 24.7 Å². The first kappa shape index (κ1) is 14.0. The quantitative estimate of drug-likeness (QED) is 0.612. The molecule has 0 aliphatic carbocycles. The number of hydrogen-bond acceptors (Lipinski definition) is 6. The van der Waals surface area contributed by atoms with Gasteiger partial charge in [0.1, 0.15) is 0 Å². The van der Waals surface area contributed by atoms with Gasteiger partial charge < -0.3 is 10.4 Å². The summed E-state index contributed by atoms with van der Waals surface area (Å²) in [7, 11) is 0. The fourth-order valence-electron chi connectivity index (χ4n) is 2.61. The Morgan fingerprint density at radius 1 is 1.48 bits per heavy atom. The predicted molar refractivity (Wildman–Crippen MR) is 76.8 cm³/mol. The van der Waals surface area contributed by atoms with Crippen LogP contribution in [0.3, 0.4) is 0 Å². The zero-order valence-electron chi connectivity index (χ0n) is 12.1. The Morgan fingerprint density at radius 3 is 2.90 bits per heavy atom. The summed E-state index contributed by atoms with van der Waals surface area (Å²) in [6.07, 6.45) is 1.43. The molecule has 1 atom stereocenters. The first-order chi connectivity index (χ1) is 10.1. The molecule has 1 fully saturated rings. The highest BCUT2D eigenvalue weighted by molar-refractivity contribution is 6.02. The number of carbonyl (C=O) groups excluding carboxylic acids is 1. The van der Waals surface area contributed by atoms with Crippen molar-refractivity contribution in [2.45, 2.75) is 26.7 Å². The normalized spacial score (nSPS) is 21.8. The number of hydrogen-bond donors (Lipinski definition) is 4. The molecule has 2 aliphatic rings. The maximum Gasteiger partial charge on any atom is 0.269 e. The monoisotopic (exact) mass is 289 g/mol. The average molecular weight is 289 g/mol. The third-order valence-corrected chi connectivity index (χ3v) is 3.66. The van der Waals surface area contributed by atoms with Gasteiger partial charge in [-0.2, -0.15) is 0 Å². The lowest BCUT2D eigenvalue weighted by atomic mass is 9.95. The maximum atomic E-state index is 12.6. The smallest absolute Gasteiger partial charge is 0.269 e. The number of hydrazine groups is 1. The Morgan fingerprint density at radius 2 is 2.29 bits per heavy atom. The van der Waals surface area contributed by atoms with Gasteiger partial charge in [-0.3, -0.25) is 15.1 Å². The third kappa shape index (κ3) is 2.39. The van der Waals surface area contributed by atoms with Gasteiger partial charge >= 0.3 is 0 Å². The van der Waals surface area contributed by atoms with E-state index in [-0.39, 0.29) is 24.7 Å². The molecule has 7 nitrogen and oxygen atoms in total. The average Bonchev–Trinajstić information content (AvgIpc) is 2.95. The van der Waals surface area contributed by atoms with E-state index < -0.39 is 0 Å². The molecule has 2 aliphatic heterocycles. The Bertz CT molecular complexity index is 582. The van der Waals surface area contributed by atoms with Crippen LogP contribution in [0.2, 0.25) is 0 Å². The second kappa shape index (κ2) is 5.44.